The summed E-state index contributed by atoms with van der Waals surface area (Å²) >= 11 is 0. The fourth-order valence-corrected chi connectivity index (χ4v) is 2.49. The van der Waals surface area contributed by atoms with E-state index in [0.29, 0.717) is 11.3 Å². The van der Waals surface area contributed by atoms with Gasteiger partial charge in [0.25, 0.3) is 5.91 Å². The Hall–Kier alpha value is -3.59. The number of hydrogen-bond donors (Lipinski definition) is 2. The van der Waals surface area contributed by atoms with Gasteiger partial charge in [0.05, 0.1) is 18.1 Å². The number of para-hydroxylation sites is 1. The van der Waals surface area contributed by atoms with Crippen LogP contribution in [0, 0.1) is 11.3 Å². The molecule has 0 saturated carbocycles. The Morgan fingerprint density at radius 3 is 2.84 bits per heavy atom. The smallest absolute Gasteiger partial charge is 0.310 e. The Labute approximate surface area is 144 Å². The number of fused-ring (bicyclic) bond motifs is 1. The van der Waals surface area contributed by atoms with Gasteiger partial charge in [-0.3, -0.25) is 9.59 Å². The van der Waals surface area contributed by atoms with Crippen LogP contribution in [0.1, 0.15) is 11.1 Å². The van der Waals surface area contributed by atoms with E-state index in [4.69, 9.17) is 10.00 Å². The number of esters is 1. The number of anilines is 1. The maximum Gasteiger partial charge on any atom is 0.310 e. The molecule has 0 fully saturated rings. The van der Waals surface area contributed by atoms with Gasteiger partial charge >= 0.3 is 5.97 Å². The average Bonchev–Trinajstić information content (AvgIpc) is 3.03. The van der Waals surface area contributed by atoms with Crippen LogP contribution in [-0.4, -0.2) is 23.5 Å². The van der Waals surface area contributed by atoms with Crippen molar-refractivity contribution in [2.75, 3.05) is 11.9 Å². The number of benzene rings is 2. The normalized spacial score (nSPS) is 10.2. The number of aromatic nitrogens is 1. The summed E-state index contributed by atoms with van der Waals surface area (Å²) in [5.41, 5.74) is 2.69. The highest BCUT2D eigenvalue weighted by Crippen LogP contribution is 2.18. The second-order valence-electron chi connectivity index (χ2n) is 5.44. The Morgan fingerprint density at radius 1 is 1.16 bits per heavy atom. The zero-order chi connectivity index (χ0) is 17.6. The summed E-state index contributed by atoms with van der Waals surface area (Å²) < 4.78 is 5.02. The van der Waals surface area contributed by atoms with Crippen molar-refractivity contribution in [3.63, 3.8) is 0 Å². The van der Waals surface area contributed by atoms with Gasteiger partial charge in [-0.1, -0.05) is 24.3 Å². The Morgan fingerprint density at radius 2 is 2.00 bits per heavy atom. The van der Waals surface area contributed by atoms with Crippen LogP contribution < -0.4 is 5.32 Å². The maximum absolute atomic E-state index is 12.0. The summed E-state index contributed by atoms with van der Waals surface area (Å²) in [4.78, 5) is 26.9. The number of amides is 1. The van der Waals surface area contributed by atoms with Gasteiger partial charge in [-0.2, -0.15) is 5.26 Å². The summed E-state index contributed by atoms with van der Waals surface area (Å²) in [5.74, 6) is -0.937. The second-order valence-corrected chi connectivity index (χ2v) is 5.44. The van der Waals surface area contributed by atoms with Gasteiger partial charge in [0, 0.05) is 22.8 Å². The van der Waals surface area contributed by atoms with E-state index in [9.17, 15) is 9.59 Å². The third kappa shape index (κ3) is 4.03. The molecule has 0 spiro atoms. The minimum Gasteiger partial charge on any atom is -0.455 e. The fourth-order valence-electron chi connectivity index (χ4n) is 2.49. The zero-order valence-corrected chi connectivity index (χ0v) is 13.3. The highest BCUT2D eigenvalue weighted by atomic mass is 16.5. The van der Waals surface area contributed by atoms with Gasteiger partial charge in [-0.05, 0) is 29.8 Å². The average molecular weight is 333 g/mol. The molecule has 25 heavy (non-hydrogen) atoms. The SMILES string of the molecule is N#Cc1cccc(NC(=O)COC(=O)Cc2c[nH]c3ccccc23)c1. The number of ether oxygens (including phenoxy) is 1. The first-order chi connectivity index (χ1) is 12.2. The molecule has 0 bridgehead atoms. The van der Waals surface area contributed by atoms with Gasteiger partial charge in [0.15, 0.2) is 6.61 Å². The van der Waals surface area contributed by atoms with Crippen LogP contribution in [0.5, 0.6) is 0 Å². The predicted molar refractivity (Wildman–Crippen MR) is 92.7 cm³/mol. The van der Waals surface area contributed by atoms with Crippen LogP contribution in [0.2, 0.25) is 0 Å². The van der Waals surface area contributed by atoms with E-state index in [1.807, 2.05) is 30.3 Å². The molecule has 0 saturated heterocycles. The number of carbonyl (C=O) groups excluding carboxylic acids is 2. The monoisotopic (exact) mass is 333 g/mol. The van der Waals surface area contributed by atoms with Crippen LogP contribution in [0.4, 0.5) is 5.69 Å². The molecule has 0 aliphatic rings. The van der Waals surface area contributed by atoms with E-state index >= 15 is 0 Å². The van der Waals surface area contributed by atoms with E-state index in [0.717, 1.165) is 16.5 Å². The topological polar surface area (TPSA) is 95.0 Å². The van der Waals surface area contributed by atoms with Crippen molar-refractivity contribution in [1.29, 1.82) is 5.26 Å². The van der Waals surface area contributed by atoms with Gasteiger partial charge < -0.3 is 15.0 Å². The second kappa shape index (κ2) is 7.32. The van der Waals surface area contributed by atoms with Crippen LogP contribution >= 0.6 is 0 Å². The molecule has 3 aromatic rings. The Balaban J connectivity index is 1.53. The van der Waals surface area contributed by atoms with Crippen molar-refractivity contribution in [2.45, 2.75) is 6.42 Å². The zero-order valence-electron chi connectivity index (χ0n) is 13.3. The quantitative estimate of drug-likeness (QED) is 0.702. The molecule has 6 nitrogen and oxygen atoms in total. The van der Waals surface area contributed by atoms with Crippen molar-refractivity contribution < 1.29 is 14.3 Å². The van der Waals surface area contributed by atoms with E-state index in [1.54, 1.807) is 30.5 Å². The molecule has 1 heterocycles. The number of nitriles is 1. The largest absolute Gasteiger partial charge is 0.455 e. The fraction of sp³-hybridized carbons (Fsp3) is 0.105. The van der Waals surface area contributed by atoms with E-state index in [2.05, 4.69) is 10.3 Å². The summed E-state index contributed by atoms with van der Waals surface area (Å²) in [6.07, 6.45) is 1.85. The van der Waals surface area contributed by atoms with Crippen LogP contribution in [0.3, 0.4) is 0 Å². The van der Waals surface area contributed by atoms with Gasteiger partial charge in [-0.25, -0.2) is 0 Å². The van der Waals surface area contributed by atoms with Crippen LogP contribution in [0.15, 0.2) is 54.7 Å². The molecule has 0 aliphatic heterocycles. The van der Waals surface area contributed by atoms with Gasteiger partial charge in [0.2, 0.25) is 0 Å². The number of hydrogen-bond acceptors (Lipinski definition) is 4. The molecule has 0 unspecified atom stereocenters. The highest BCUT2D eigenvalue weighted by Gasteiger charge is 2.12. The third-order valence-electron chi connectivity index (χ3n) is 3.65. The van der Waals surface area contributed by atoms with E-state index in [1.165, 1.54) is 0 Å². The lowest BCUT2D eigenvalue weighted by atomic mass is 10.1. The number of nitrogens with zero attached hydrogens (tertiary/aromatic N) is 1. The lowest BCUT2D eigenvalue weighted by Gasteiger charge is -2.06. The maximum atomic E-state index is 12.0. The molecule has 2 aromatic carbocycles. The van der Waals surface area contributed by atoms with Crippen molar-refractivity contribution in [3.8, 4) is 6.07 Å². The van der Waals surface area contributed by atoms with Crippen molar-refractivity contribution in [1.82, 2.24) is 4.98 Å². The minimum atomic E-state index is -0.481. The standard InChI is InChI=1S/C19H15N3O3/c20-10-13-4-3-5-15(8-13)22-18(23)12-25-19(24)9-14-11-21-17-7-2-1-6-16(14)17/h1-8,11,21H,9,12H2,(H,22,23). The highest BCUT2D eigenvalue weighted by molar-refractivity contribution is 5.93. The van der Waals surface area contributed by atoms with Gasteiger partial charge in [-0.15, -0.1) is 0 Å². The minimum absolute atomic E-state index is 0.0845. The third-order valence-corrected chi connectivity index (χ3v) is 3.65. The molecule has 0 aliphatic carbocycles. The summed E-state index contributed by atoms with van der Waals surface area (Å²) in [7, 11) is 0. The molecule has 2 N–H and O–H groups in total. The Kier molecular flexibility index (Phi) is 4.77. The molecule has 1 aromatic heterocycles. The first-order valence-corrected chi connectivity index (χ1v) is 7.66. The number of rotatable bonds is 5. The van der Waals surface area contributed by atoms with Crippen LogP contribution in [-0.2, 0) is 20.7 Å². The van der Waals surface area contributed by atoms with Crippen LogP contribution in [0.25, 0.3) is 10.9 Å². The molecular weight excluding hydrogens is 318 g/mol. The molecule has 3 rings (SSSR count). The summed E-state index contributed by atoms with van der Waals surface area (Å²) in [6, 6.07) is 16.1. The van der Waals surface area contributed by atoms with E-state index < -0.39 is 11.9 Å². The molecule has 0 radical (unpaired) electrons. The first kappa shape index (κ1) is 16.3. The van der Waals surface area contributed by atoms with Crippen molar-refractivity contribution in [3.05, 3.63) is 65.9 Å². The number of carbonyl (C=O) groups is 2. The van der Waals surface area contributed by atoms with Crippen molar-refractivity contribution in [2.24, 2.45) is 0 Å². The Bertz CT molecular complexity index is 969. The van der Waals surface area contributed by atoms with Gasteiger partial charge in [0.1, 0.15) is 0 Å². The first-order valence-electron chi connectivity index (χ1n) is 7.66. The lowest BCUT2D eigenvalue weighted by molar-refractivity contribution is -0.146. The number of nitrogens with one attached hydrogen (secondary N) is 2. The predicted octanol–water partition coefficient (Wildman–Crippen LogP) is 2.76. The lowest BCUT2D eigenvalue weighted by Crippen LogP contribution is -2.21. The van der Waals surface area contributed by atoms with Crippen molar-refractivity contribution >= 4 is 28.5 Å². The number of aromatic amines is 1. The summed E-state index contributed by atoms with van der Waals surface area (Å²) in [5, 5.41) is 12.4. The summed E-state index contributed by atoms with van der Waals surface area (Å²) in [6.45, 7) is -0.377. The van der Waals surface area contributed by atoms with E-state index in [-0.39, 0.29) is 13.0 Å². The number of H-pyrrole nitrogens is 1. The molecular formula is C19H15N3O3. The molecule has 6 heteroatoms. The molecule has 1 amide bonds. The molecule has 0 atom stereocenters. The molecule has 124 valence electrons.